The summed E-state index contributed by atoms with van der Waals surface area (Å²) in [6.07, 6.45) is 0.413. The number of alkyl halides is 1. The molecule has 0 fully saturated rings. The summed E-state index contributed by atoms with van der Waals surface area (Å²) in [5, 5.41) is 3.06. The van der Waals surface area contributed by atoms with Crippen LogP contribution in [-0.2, 0) is 6.54 Å². The van der Waals surface area contributed by atoms with Gasteiger partial charge in [-0.15, -0.1) is 0 Å². The first-order valence-electron chi connectivity index (χ1n) is 5.32. The van der Waals surface area contributed by atoms with Crippen molar-refractivity contribution in [1.82, 2.24) is 5.32 Å². The molecular weight excluding hydrogens is 209 g/mol. The first-order chi connectivity index (χ1) is 7.81. The van der Waals surface area contributed by atoms with Crippen LogP contribution in [0.3, 0.4) is 0 Å². The molecule has 1 rings (SSSR count). The number of nitrogens with one attached hydrogen (secondary N) is 1. The highest BCUT2D eigenvalue weighted by Gasteiger charge is 2.05. The zero-order valence-corrected chi connectivity index (χ0v) is 9.75. The van der Waals surface area contributed by atoms with E-state index in [9.17, 15) is 4.39 Å². The fraction of sp³-hybridized carbons (Fsp3) is 0.500. The second-order valence-corrected chi connectivity index (χ2v) is 3.39. The molecule has 1 N–H and O–H groups in total. The number of rotatable bonds is 7. The van der Waals surface area contributed by atoms with Crippen LogP contribution in [0, 0.1) is 0 Å². The van der Waals surface area contributed by atoms with Gasteiger partial charge in [-0.3, -0.25) is 4.39 Å². The van der Waals surface area contributed by atoms with E-state index in [1.54, 1.807) is 7.11 Å². The van der Waals surface area contributed by atoms with Crippen LogP contribution >= 0.6 is 0 Å². The Kier molecular flexibility index (Phi) is 5.64. The molecule has 0 aliphatic heterocycles. The lowest BCUT2D eigenvalue weighted by atomic mass is 10.2. The second-order valence-electron chi connectivity index (χ2n) is 3.39. The third-order valence-corrected chi connectivity index (χ3v) is 2.18. The van der Waals surface area contributed by atoms with Crippen LogP contribution in [0.25, 0.3) is 0 Å². The van der Waals surface area contributed by atoms with Crippen LogP contribution < -0.4 is 14.8 Å². The van der Waals surface area contributed by atoms with Gasteiger partial charge in [0.2, 0.25) is 0 Å². The summed E-state index contributed by atoms with van der Waals surface area (Å²) < 4.78 is 22.6. The first-order valence-corrected chi connectivity index (χ1v) is 5.32. The van der Waals surface area contributed by atoms with Crippen molar-refractivity contribution in [3.63, 3.8) is 0 Å². The van der Waals surface area contributed by atoms with Crippen molar-refractivity contribution in [1.29, 1.82) is 0 Å². The summed E-state index contributed by atoms with van der Waals surface area (Å²) in [7, 11) is 3.48. The normalized spacial score (nSPS) is 10.2. The van der Waals surface area contributed by atoms with E-state index < -0.39 is 0 Å². The third kappa shape index (κ3) is 3.70. The molecule has 0 aliphatic carbocycles. The minimum Gasteiger partial charge on any atom is -0.497 e. The number of hydrogen-bond donors (Lipinski definition) is 1. The number of methoxy groups -OCH3 is 1. The Bertz CT molecular complexity index is 318. The van der Waals surface area contributed by atoms with Gasteiger partial charge in [0.25, 0.3) is 0 Å². The van der Waals surface area contributed by atoms with Crippen LogP contribution in [-0.4, -0.2) is 27.4 Å². The molecule has 4 heteroatoms. The van der Waals surface area contributed by atoms with Gasteiger partial charge in [0, 0.05) is 24.6 Å². The Morgan fingerprint density at radius 1 is 1.38 bits per heavy atom. The van der Waals surface area contributed by atoms with E-state index in [4.69, 9.17) is 9.47 Å². The van der Waals surface area contributed by atoms with E-state index in [-0.39, 0.29) is 6.67 Å². The number of ether oxygens (including phenoxy) is 2. The van der Waals surface area contributed by atoms with Crippen LogP contribution in [0.4, 0.5) is 4.39 Å². The Morgan fingerprint density at radius 3 is 2.81 bits per heavy atom. The minimum absolute atomic E-state index is 0.356. The summed E-state index contributed by atoms with van der Waals surface area (Å²) in [5.41, 5.74) is 1.04. The summed E-state index contributed by atoms with van der Waals surface area (Å²) >= 11 is 0. The molecule has 0 atom stereocenters. The highest BCUT2D eigenvalue weighted by Crippen LogP contribution is 2.24. The van der Waals surface area contributed by atoms with E-state index in [2.05, 4.69) is 5.32 Å². The average Bonchev–Trinajstić information content (AvgIpc) is 2.31. The summed E-state index contributed by atoms with van der Waals surface area (Å²) in [6, 6.07) is 5.65. The molecule has 0 aromatic heterocycles. The van der Waals surface area contributed by atoms with Crippen molar-refractivity contribution in [2.75, 3.05) is 27.4 Å². The molecular formula is C12H18FNO2. The molecule has 3 nitrogen and oxygen atoms in total. The molecule has 0 saturated carbocycles. The van der Waals surface area contributed by atoms with Gasteiger partial charge in [0.05, 0.1) is 20.4 Å². The molecule has 0 radical (unpaired) electrons. The Hall–Kier alpha value is -1.29. The zero-order valence-electron chi connectivity index (χ0n) is 9.75. The molecule has 0 aliphatic rings. The van der Waals surface area contributed by atoms with Crippen LogP contribution in [0.15, 0.2) is 18.2 Å². The van der Waals surface area contributed by atoms with Gasteiger partial charge in [0.1, 0.15) is 11.5 Å². The average molecular weight is 227 g/mol. The quantitative estimate of drug-likeness (QED) is 0.724. The maximum Gasteiger partial charge on any atom is 0.127 e. The number of benzene rings is 1. The van der Waals surface area contributed by atoms with E-state index in [0.29, 0.717) is 13.0 Å². The van der Waals surface area contributed by atoms with Crippen molar-refractivity contribution in [2.45, 2.75) is 13.0 Å². The number of halogens is 1. The molecule has 0 heterocycles. The fourth-order valence-electron chi connectivity index (χ4n) is 1.37. The van der Waals surface area contributed by atoms with Crippen molar-refractivity contribution < 1.29 is 13.9 Å². The molecule has 1 aromatic rings. The van der Waals surface area contributed by atoms with Crippen molar-refractivity contribution in [3.05, 3.63) is 23.8 Å². The summed E-state index contributed by atoms with van der Waals surface area (Å²) in [4.78, 5) is 0. The smallest absolute Gasteiger partial charge is 0.127 e. The molecule has 0 bridgehead atoms. The van der Waals surface area contributed by atoms with Gasteiger partial charge in [-0.05, 0) is 13.1 Å². The van der Waals surface area contributed by atoms with E-state index in [1.807, 2.05) is 25.2 Å². The van der Waals surface area contributed by atoms with Crippen LogP contribution in [0.2, 0.25) is 0 Å². The van der Waals surface area contributed by atoms with Gasteiger partial charge in [-0.2, -0.15) is 0 Å². The van der Waals surface area contributed by atoms with E-state index in [0.717, 1.165) is 23.6 Å². The molecule has 0 unspecified atom stereocenters. The molecule has 0 spiro atoms. The molecule has 1 aromatic carbocycles. The van der Waals surface area contributed by atoms with Crippen LogP contribution in [0.5, 0.6) is 11.5 Å². The second kappa shape index (κ2) is 7.06. The fourth-order valence-corrected chi connectivity index (χ4v) is 1.37. The standard InChI is InChI=1S/C12H18FNO2/c1-14-9-10-4-5-11(15-2)8-12(10)16-7-3-6-13/h4-5,8,14H,3,6-7,9H2,1-2H3. The van der Waals surface area contributed by atoms with Gasteiger partial charge >= 0.3 is 0 Å². The lowest BCUT2D eigenvalue weighted by molar-refractivity contribution is 0.285. The maximum absolute atomic E-state index is 12.0. The molecule has 16 heavy (non-hydrogen) atoms. The summed E-state index contributed by atoms with van der Waals surface area (Å²) in [6.45, 7) is 0.751. The predicted molar refractivity (Wildman–Crippen MR) is 61.8 cm³/mol. The monoisotopic (exact) mass is 227 g/mol. The topological polar surface area (TPSA) is 30.5 Å². The molecule has 0 saturated heterocycles. The lowest BCUT2D eigenvalue weighted by Crippen LogP contribution is -2.08. The molecule has 0 amide bonds. The summed E-state index contributed by atoms with van der Waals surface area (Å²) in [5.74, 6) is 1.50. The maximum atomic E-state index is 12.0. The SMILES string of the molecule is CNCc1ccc(OC)cc1OCCCF. The largest absolute Gasteiger partial charge is 0.497 e. The van der Waals surface area contributed by atoms with E-state index >= 15 is 0 Å². The third-order valence-electron chi connectivity index (χ3n) is 2.18. The Balaban J connectivity index is 2.74. The number of hydrogen-bond acceptors (Lipinski definition) is 3. The van der Waals surface area contributed by atoms with Crippen molar-refractivity contribution in [2.24, 2.45) is 0 Å². The first kappa shape index (κ1) is 12.8. The van der Waals surface area contributed by atoms with Gasteiger partial charge in [-0.25, -0.2) is 0 Å². The highest BCUT2D eigenvalue weighted by molar-refractivity contribution is 5.40. The minimum atomic E-state index is -0.356. The van der Waals surface area contributed by atoms with Gasteiger partial charge < -0.3 is 14.8 Å². The van der Waals surface area contributed by atoms with Gasteiger partial charge in [0.15, 0.2) is 0 Å². The van der Waals surface area contributed by atoms with Crippen molar-refractivity contribution >= 4 is 0 Å². The zero-order chi connectivity index (χ0) is 11.8. The Labute approximate surface area is 95.6 Å². The highest BCUT2D eigenvalue weighted by atomic mass is 19.1. The van der Waals surface area contributed by atoms with Crippen molar-refractivity contribution in [3.8, 4) is 11.5 Å². The Morgan fingerprint density at radius 2 is 2.19 bits per heavy atom. The van der Waals surface area contributed by atoms with Gasteiger partial charge in [-0.1, -0.05) is 6.07 Å². The molecule has 90 valence electrons. The van der Waals surface area contributed by atoms with E-state index in [1.165, 1.54) is 0 Å². The van der Waals surface area contributed by atoms with Crippen LogP contribution in [0.1, 0.15) is 12.0 Å². The predicted octanol–water partition coefficient (Wildman–Crippen LogP) is 2.15. The lowest BCUT2D eigenvalue weighted by Gasteiger charge is -2.12.